The van der Waals surface area contributed by atoms with Crippen LogP contribution in [0, 0.1) is 0 Å². The van der Waals surface area contributed by atoms with E-state index in [1.165, 1.54) is 7.11 Å². The molecule has 1 aliphatic rings. The lowest BCUT2D eigenvalue weighted by Crippen LogP contribution is -2.46. The second kappa shape index (κ2) is 8.93. The van der Waals surface area contributed by atoms with E-state index in [2.05, 4.69) is 5.32 Å². The van der Waals surface area contributed by atoms with E-state index in [0.717, 1.165) is 27.8 Å². The summed E-state index contributed by atoms with van der Waals surface area (Å²) < 4.78 is 10.6. The predicted octanol–water partition coefficient (Wildman–Crippen LogP) is 3.67. The molecule has 1 aliphatic carbocycles. The van der Waals surface area contributed by atoms with Gasteiger partial charge in [-0.1, -0.05) is 78.9 Å². The second-order valence-electron chi connectivity index (χ2n) is 7.20. The van der Waals surface area contributed by atoms with Crippen LogP contribution in [0.4, 0.5) is 0 Å². The molecular weight excluding hydrogens is 378 g/mol. The summed E-state index contributed by atoms with van der Waals surface area (Å²) in [7, 11) is 1.33. The fourth-order valence-corrected chi connectivity index (χ4v) is 4.01. The van der Waals surface area contributed by atoms with Gasteiger partial charge in [-0.3, -0.25) is 4.79 Å². The molecule has 0 saturated carbocycles. The van der Waals surface area contributed by atoms with Crippen LogP contribution in [-0.2, 0) is 25.7 Å². The first kappa shape index (κ1) is 19.9. The SMILES string of the molecule is COC(=O)[C@@H](NC(=O)COCc1ccccc1)C1c2ccccc2-c2ccccc21. The van der Waals surface area contributed by atoms with Crippen molar-refractivity contribution in [2.75, 3.05) is 13.7 Å². The summed E-state index contributed by atoms with van der Waals surface area (Å²) in [4.78, 5) is 25.3. The molecule has 0 saturated heterocycles. The Bertz CT molecular complexity index is 1000. The van der Waals surface area contributed by atoms with E-state index in [1.807, 2.05) is 78.9 Å². The zero-order valence-corrected chi connectivity index (χ0v) is 16.7. The highest BCUT2D eigenvalue weighted by molar-refractivity contribution is 5.89. The van der Waals surface area contributed by atoms with Crippen LogP contribution in [0.15, 0.2) is 78.9 Å². The van der Waals surface area contributed by atoms with Crippen LogP contribution >= 0.6 is 0 Å². The number of hydrogen-bond donors (Lipinski definition) is 1. The number of carbonyl (C=O) groups is 2. The molecule has 0 bridgehead atoms. The normalized spacial score (nSPS) is 13.2. The molecule has 0 heterocycles. The Morgan fingerprint density at radius 1 is 0.867 bits per heavy atom. The van der Waals surface area contributed by atoms with Gasteiger partial charge in [-0.25, -0.2) is 4.79 Å². The second-order valence-corrected chi connectivity index (χ2v) is 7.20. The molecule has 0 spiro atoms. The largest absolute Gasteiger partial charge is 0.467 e. The van der Waals surface area contributed by atoms with E-state index in [4.69, 9.17) is 9.47 Å². The van der Waals surface area contributed by atoms with Crippen LogP contribution in [0.5, 0.6) is 0 Å². The monoisotopic (exact) mass is 401 g/mol. The van der Waals surface area contributed by atoms with E-state index in [0.29, 0.717) is 6.61 Å². The summed E-state index contributed by atoms with van der Waals surface area (Å²) in [5.74, 6) is -1.16. The molecule has 0 fully saturated rings. The van der Waals surface area contributed by atoms with Crippen molar-refractivity contribution in [3.05, 3.63) is 95.6 Å². The predicted molar refractivity (Wildman–Crippen MR) is 114 cm³/mol. The Balaban J connectivity index is 1.53. The van der Waals surface area contributed by atoms with E-state index >= 15 is 0 Å². The van der Waals surface area contributed by atoms with Crippen molar-refractivity contribution in [1.82, 2.24) is 5.32 Å². The molecule has 0 radical (unpaired) electrons. The smallest absolute Gasteiger partial charge is 0.329 e. The number of amides is 1. The number of nitrogens with one attached hydrogen (secondary N) is 1. The fourth-order valence-electron chi connectivity index (χ4n) is 4.01. The van der Waals surface area contributed by atoms with E-state index in [1.54, 1.807) is 0 Å². The van der Waals surface area contributed by atoms with E-state index in [9.17, 15) is 9.59 Å². The molecule has 1 atom stereocenters. The molecule has 4 rings (SSSR count). The molecule has 30 heavy (non-hydrogen) atoms. The van der Waals surface area contributed by atoms with Crippen molar-refractivity contribution in [3.63, 3.8) is 0 Å². The topological polar surface area (TPSA) is 64.6 Å². The number of esters is 1. The molecule has 152 valence electrons. The Labute approximate surface area is 175 Å². The number of rotatable bonds is 7. The molecule has 3 aromatic carbocycles. The van der Waals surface area contributed by atoms with Crippen molar-refractivity contribution in [3.8, 4) is 11.1 Å². The molecule has 0 unspecified atom stereocenters. The quantitative estimate of drug-likeness (QED) is 0.614. The highest BCUT2D eigenvalue weighted by Gasteiger charge is 2.39. The standard InChI is InChI=1S/C25H23NO4/c1-29-25(28)24(26-22(27)16-30-15-17-9-3-2-4-10-17)23-20-13-7-5-11-18(20)19-12-6-8-14-21(19)23/h2-14,23-24H,15-16H2,1H3,(H,26,27)/t24-/m0/s1. The minimum atomic E-state index is -0.840. The van der Waals surface area contributed by atoms with Gasteiger partial charge >= 0.3 is 5.97 Å². The van der Waals surface area contributed by atoms with Gasteiger partial charge in [0.25, 0.3) is 0 Å². The van der Waals surface area contributed by atoms with Gasteiger partial charge in [-0.15, -0.1) is 0 Å². The summed E-state index contributed by atoms with van der Waals surface area (Å²) in [6, 6.07) is 24.7. The van der Waals surface area contributed by atoms with Crippen LogP contribution in [0.2, 0.25) is 0 Å². The third-order valence-corrected chi connectivity index (χ3v) is 5.33. The van der Waals surface area contributed by atoms with Gasteiger partial charge in [0.15, 0.2) is 0 Å². The summed E-state index contributed by atoms with van der Waals surface area (Å²) >= 11 is 0. The molecule has 5 nitrogen and oxygen atoms in total. The van der Waals surface area contributed by atoms with Gasteiger partial charge in [-0.2, -0.15) is 0 Å². The maximum atomic E-state index is 12.7. The summed E-state index contributed by atoms with van der Waals surface area (Å²) in [5.41, 5.74) is 5.12. The van der Waals surface area contributed by atoms with Crippen LogP contribution in [-0.4, -0.2) is 31.6 Å². The molecular formula is C25H23NO4. The van der Waals surface area contributed by atoms with Crippen LogP contribution in [0.1, 0.15) is 22.6 Å². The molecule has 1 amide bonds. The average Bonchev–Trinajstić information content (AvgIpc) is 3.12. The van der Waals surface area contributed by atoms with Crippen molar-refractivity contribution in [1.29, 1.82) is 0 Å². The van der Waals surface area contributed by atoms with Gasteiger partial charge in [0.2, 0.25) is 5.91 Å². The summed E-state index contributed by atoms with van der Waals surface area (Å²) in [6.07, 6.45) is 0. The summed E-state index contributed by atoms with van der Waals surface area (Å²) in [6.45, 7) is 0.185. The average molecular weight is 401 g/mol. The maximum Gasteiger partial charge on any atom is 0.329 e. The van der Waals surface area contributed by atoms with Gasteiger partial charge in [0.1, 0.15) is 12.6 Å². The fraction of sp³-hybridized carbons (Fsp3) is 0.200. The third-order valence-electron chi connectivity index (χ3n) is 5.33. The van der Waals surface area contributed by atoms with Gasteiger partial charge < -0.3 is 14.8 Å². The zero-order valence-electron chi connectivity index (χ0n) is 16.7. The third kappa shape index (κ3) is 3.98. The Hall–Kier alpha value is -3.44. The van der Waals surface area contributed by atoms with Crippen molar-refractivity contribution in [2.24, 2.45) is 0 Å². The molecule has 0 aromatic heterocycles. The Morgan fingerprint density at radius 2 is 1.43 bits per heavy atom. The number of ether oxygens (including phenoxy) is 2. The first-order valence-corrected chi connectivity index (χ1v) is 9.86. The maximum absolute atomic E-state index is 12.7. The highest BCUT2D eigenvalue weighted by Crippen LogP contribution is 2.46. The lowest BCUT2D eigenvalue weighted by molar-refractivity contribution is -0.146. The van der Waals surface area contributed by atoms with Crippen LogP contribution in [0.25, 0.3) is 11.1 Å². The van der Waals surface area contributed by atoms with Crippen molar-refractivity contribution < 1.29 is 19.1 Å². The van der Waals surface area contributed by atoms with E-state index < -0.39 is 12.0 Å². The van der Waals surface area contributed by atoms with Crippen molar-refractivity contribution >= 4 is 11.9 Å². The highest BCUT2D eigenvalue weighted by atomic mass is 16.5. The molecule has 1 N–H and O–H groups in total. The number of fused-ring (bicyclic) bond motifs is 3. The zero-order chi connectivity index (χ0) is 20.9. The Morgan fingerprint density at radius 3 is 2.03 bits per heavy atom. The van der Waals surface area contributed by atoms with E-state index in [-0.39, 0.29) is 18.4 Å². The van der Waals surface area contributed by atoms with Crippen LogP contribution in [0.3, 0.4) is 0 Å². The Kier molecular flexibility index (Phi) is 5.91. The van der Waals surface area contributed by atoms with Gasteiger partial charge in [0.05, 0.1) is 13.7 Å². The van der Waals surface area contributed by atoms with Gasteiger partial charge in [0, 0.05) is 5.92 Å². The minimum Gasteiger partial charge on any atom is -0.467 e. The minimum absolute atomic E-state index is 0.140. The van der Waals surface area contributed by atoms with Gasteiger partial charge in [-0.05, 0) is 27.8 Å². The summed E-state index contributed by atoms with van der Waals surface area (Å²) in [5, 5.41) is 2.84. The molecule has 5 heteroatoms. The number of methoxy groups -OCH3 is 1. The number of hydrogen-bond acceptors (Lipinski definition) is 4. The number of carbonyl (C=O) groups excluding carboxylic acids is 2. The molecule has 3 aromatic rings. The lowest BCUT2D eigenvalue weighted by Gasteiger charge is -2.24. The lowest BCUT2D eigenvalue weighted by atomic mass is 9.89. The first-order chi connectivity index (χ1) is 14.7. The first-order valence-electron chi connectivity index (χ1n) is 9.86. The molecule has 0 aliphatic heterocycles. The van der Waals surface area contributed by atoms with Crippen LogP contribution < -0.4 is 5.32 Å². The van der Waals surface area contributed by atoms with Crippen molar-refractivity contribution in [2.45, 2.75) is 18.6 Å². The number of benzene rings is 3.